The standard InChI is InChI=1S/C13H13Cl3N2O3/c1-3-18-9-6-8(17-12(20)13(14,15)16)4-5-10(9)21-7(2)11(18)19/h4-7H,3H2,1-2H3,(H,17,20). The molecule has 0 saturated carbocycles. The molecule has 0 bridgehead atoms. The van der Waals surface area contributed by atoms with Crippen LogP contribution in [0.15, 0.2) is 18.2 Å². The van der Waals surface area contributed by atoms with E-state index in [9.17, 15) is 9.59 Å². The number of benzene rings is 1. The van der Waals surface area contributed by atoms with Gasteiger partial charge in [0.2, 0.25) is 0 Å². The van der Waals surface area contributed by atoms with E-state index in [1.54, 1.807) is 30.0 Å². The summed E-state index contributed by atoms with van der Waals surface area (Å²) in [4.78, 5) is 25.3. The first-order valence-electron chi connectivity index (χ1n) is 6.24. The smallest absolute Gasteiger partial charge is 0.276 e. The highest BCUT2D eigenvalue weighted by molar-refractivity contribution is 6.76. The summed E-state index contributed by atoms with van der Waals surface area (Å²) in [6, 6.07) is 4.88. The predicted molar refractivity (Wildman–Crippen MR) is 83.5 cm³/mol. The second-order valence-corrected chi connectivity index (χ2v) is 6.76. The fourth-order valence-corrected chi connectivity index (χ4v) is 2.15. The Bertz CT molecular complexity index is 587. The SMILES string of the molecule is CCN1C(=O)C(C)Oc2ccc(NC(=O)C(Cl)(Cl)Cl)cc21. The van der Waals surface area contributed by atoms with Gasteiger partial charge in [0.25, 0.3) is 15.6 Å². The van der Waals surface area contributed by atoms with Crippen molar-refractivity contribution in [2.75, 3.05) is 16.8 Å². The number of fused-ring (bicyclic) bond motifs is 1. The van der Waals surface area contributed by atoms with E-state index in [0.29, 0.717) is 23.7 Å². The largest absolute Gasteiger partial charge is 0.479 e. The number of halogens is 3. The molecule has 1 aliphatic rings. The number of hydrogen-bond donors (Lipinski definition) is 1. The molecule has 21 heavy (non-hydrogen) atoms. The number of alkyl halides is 3. The minimum atomic E-state index is -2.05. The van der Waals surface area contributed by atoms with Gasteiger partial charge in [0.1, 0.15) is 5.75 Å². The van der Waals surface area contributed by atoms with Crippen LogP contribution >= 0.6 is 34.8 Å². The van der Waals surface area contributed by atoms with Gasteiger partial charge in [0.15, 0.2) is 6.10 Å². The van der Waals surface area contributed by atoms with Crippen molar-refractivity contribution in [2.24, 2.45) is 0 Å². The second kappa shape index (κ2) is 5.91. The zero-order valence-corrected chi connectivity index (χ0v) is 13.6. The van der Waals surface area contributed by atoms with Crippen molar-refractivity contribution >= 4 is 58.0 Å². The van der Waals surface area contributed by atoms with Gasteiger partial charge in [-0.05, 0) is 32.0 Å². The summed E-state index contributed by atoms with van der Waals surface area (Å²) >= 11 is 16.5. The molecule has 2 rings (SSSR count). The van der Waals surface area contributed by atoms with E-state index in [-0.39, 0.29) is 5.91 Å². The molecule has 0 saturated heterocycles. The normalized spacial score (nSPS) is 18.0. The minimum absolute atomic E-state index is 0.144. The number of nitrogens with zero attached hydrogens (tertiary/aromatic N) is 1. The second-order valence-electron chi connectivity index (χ2n) is 4.48. The lowest BCUT2D eigenvalue weighted by Gasteiger charge is -2.32. The Morgan fingerprint density at radius 1 is 1.43 bits per heavy atom. The first-order valence-corrected chi connectivity index (χ1v) is 7.37. The molecule has 114 valence electrons. The van der Waals surface area contributed by atoms with Crippen LogP contribution in [-0.4, -0.2) is 28.3 Å². The van der Waals surface area contributed by atoms with Crippen LogP contribution in [0.1, 0.15) is 13.8 Å². The third-order valence-corrected chi connectivity index (χ3v) is 3.51. The van der Waals surface area contributed by atoms with E-state index < -0.39 is 15.8 Å². The van der Waals surface area contributed by atoms with Crippen molar-refractivity contribution in [3.8, 4) is 5.75 Å². The number of carbonyl (C=O) groups excluding carboxylic acids is 2. The Morgan fingerprint density at radius 2 is 2.10 bits per heavy atom. The fraction of sp³-hybridized carbons (Fsp3) is 0.385. The molecule has 0 aromatic heterocycles. The maximum atomic E-state index is 12.1. The third kappa shape index (κ3) is 3.36. The van der Waals surface area contributed by atoms with E-state index in [0.717, 1.165) is 0 Å². The van der Waals surface area contributed by atoms with Gasteiger partial charge in [-0.3, -0.25) is 9.59 Å². The van der Waals surface area contributed by atoms with Gasteiger partial charge < -0.3 is 15.0 Å². The Labute approximate surface area is 137 Å². The highest BCUT2D eigenvalue weighted by Crippen LogP contribution is 2.37. The van der Waals surface area contributed by atoms with E-state index in [1.807, 2.05) is 6.92 Å². The number of nitrogens with one attached hydrogen (secondary N) is 1. The first kappa shape index (κ1) is 16.2. The summed E-state index contributed by atoms with van der Waals surface area (Å²) in [7, 11) is 0. The molecule has 0 fully saturated rings. The van der Waals surface area contributed by atoms with Crippen LogP contribution in [0.5, 0.6) is 5.75 Å². The first-order chi connectivity index (χ1) is 9.74. The van der Waals surface area contributed by atoms with E-state index in [4.69, 9.17) is 39.5 Å². The average Bonchev–Trinajstić information content (AvgIpc) is 2.40. The quantitative estimate of drug-likeness (QED) is 0.833. The van der Waals surface area contributed by atoms with Gasteiger partial charge in [-0.15, -0.1) is 0 Å². The molecule has 1 atom stereocenters. The average molecular weight is 352 g/mol. The molecule has 0 spiro atoms. The van der Waals surface area contributed by atoms with E-state index in [1.165, 1.54) is 0 Å². The number of likely N-dealkylation sites (N-methyl/N-ethyl adjacent to an activating group) is 1. The van der Waals surface area contributed by atoms with Gasteiger partial charge in [0.05, 0.1) is 5.69 Å². The molecule has 1 heterocycles. The number of rotatable bonds is 2. The zero-order chi connectivity index (χ0) is 15.8. The van der Waals surface area contributed by atoms with Crippen molar-refractivity contribution in [3.63, 3.8) is 0 Å². The van der Waals surface area contributed by atoms with Crippen molar-refractivity contribution in [2.45, 2.75) is 23.7 Å². The number of anilines is 2. The van der Waals surface area contributed by atoms with Gasteiger partial charge in [0, 0.05) is 12.2 Å². The topological polar surface area (TPSA) is 58.6 Å². The fourth-order valence-electron chi connectivity index (χ4n) is 2.01. The maximum absolute atomic E-state index is 12.1. The van der Waals surface area contributed by atoms with Crippen LogP contribution in [0.2, 0.25) is 0 Å². The van der Waals surface area contributed by atoms with Crippen molar-refractivity contribution in [1.29, 1.82) is 0 Å². The number of ether oxygens (including phenoxy) is 1. The van der Waals surface area contributed by atoms with Gasteiger partial charge in [-0.25, -0.2) is 0 Å². The molecular formula is C13H13Cl3N2O3. The molecule has 5 nitrogen and oxygen atoms in total. The third-order valence-electron chi connectivity index (χ3n) is 3.00. The summed E-state index contributed by atoms with van der Waals surface area (Å²) < 4.78 is 3.47. The monoisotopic (exact) mass is 350 g/mol. The zero-order valence-electron chi connectivity index (χ0n) is 11.3. The summed E-state index contributed by atoms with van der Waals surface area (Å²) in [5, 5.41) is 2.47. The highest BCUT2D eigenvalue weighted by atomic mass is 35.6. The molecule has 0 radical (unpaired) electrons. The Balaban J connectivity index is 2.32. The van der Waals surface area contributed by atoms with Crippen LogP contribution in [0.3, 0.4) is 0 Å². The Morgan fingerprint density at radius 3 is 2.67 bits per heavy atom. The van der Waals surface area contributed by atoms with E-state index in [2.05, 4.69) is 5.32 Å². The van der Waals surface area contributed by atoms with Gasteiger partial charge in [-0.1, -0.05) is 34.8 Å². The summed E-state index contributed by atoms with van der Waals surface area (Å²) in [6.45, 7) is 4.03. The van der Waals surface area contributed by atoms with Crippen molar-refractivity contribution in [3.05, 3.63) is 18.2 Å². The van der Waals surface area contributed by atoms with Crippen LogP contribution in [-0.2, 0) is 9.59 Å². The number of amides is 2. The number of hydrogen-bond acceptors (Lipinski definition) is 3. The molecule has 8 heteroatoms. The van der Waals surface area contributed by atoms with Crippen molar-refractivity contribution in [1.82, 2.24) is 0 Å². The molecule has 0 aliphatic carbocycles. The van der Waals surface area contributed by atoms with Gasteiger partial charge >= 0.3 is 0 Å². The van der Waals surface area contributed by atoms with Crippen molar-refractivity contribution < 1.29 is 14.3 Å². The molecule has 1 aromatic rings. The van der Waals surface area contributed by atoms with Gasteiger partial charge in [-0.2, -0.15) is 0 Å². The summed E-state index contributed by atoms with van der Waals surface area (Å²) in [5.74, 6) is -0.349. The molecular weight excluding hydrogens is 339 g/mol. The highest BCUT2D eigenvalue weighted by Gasteiger charge is 2.33. The Kier molecular flexibility index (Phi) is 4.56. The minimum Gasteiger partial charge on any atom is -0.479 e. The van der Waals surface area contributed by atoms with Crippen LogP contribution in [0, 0.1) is 0 Å². The van der Waals surface area contributed by atoms with E-state index >= 15 is 0 Å². The lowest BCUT2D eigenvalue weighted by molar-refractivity contribution is -0.125. The lowest BCUT2D eigenvalue weighted by Crippen LogP contribution is -2.44. The molecule has 1 N–H and O–H groups in total. The maximum Gasteiger partial charge on any atom is 0.276 e. The van der Waals surface area contributed by atoms with Crippen LogP contribution in [0.25, 0.3) is 0 Å². The molecule has 1 aromatic carbocycles. The molecule has 1 aliphatic heterocycles. The van der Waals surface area contributed by atoms with Crippen LogP contribution < -0.4 is 15.0 Å². The molecule has 1 unspecified atom stereocenters. The Hall–Kier alpha value is -1.17. The lowest BCUT2D eigenvalue weighted by atomic mass is 10.1. The summed E-state index contributed by atoms with van der Waals surface area (Å²) in [5.41, 5.74) is 0.984. The predicted octanol–water partition coefficient (Wildman–Crippen LogP) is 3.13. The number of carbonyl (C=O) groups is 2. The molecule has 2 amide bonds. The summed E-state index contributed by atoms with van der Waals surface area (Å²) in [6.07, 6.45) is -0.543. The van der Waals surface area contributed by atoms with Crippen LogP contribution in [0.4, 0.5) is 11.4 Å².